The normalized spacial score (nSPS) is 13.4. The van der Waals surface area contributed by atoms with Gasteiger partial charge in [0.25, 0.3) is 0 Å². The number of sulfonamides is 1. The van der Waals surface area contributed by atoms with Crippen molar-refractivity contribution in [3.05, 3.63) is 39.4 Å². The van der Waals surface area contributed by atoms with E-state index >= 15 is 0 Å². The molecule has 0 bridgehead atoms. The molecule has 0 fully saturated rings. The van der Waals surface area contributed by atoms with Crippen molar-refractivity contribution in [3.8, 4) is 0 Å². The van der Waals surface area contributed by atoms with Gasteiger partial charge in [0.15, 0.2) is 0 Å². The van der Waals surface area contributed by atoms with Crippen LogP contribution in [0, 0.1) is 6.92 Å². The fraction of sp³-hybridized carbons (Fsp3) is 0.429. The molecule has 7 heteroatoms. The molecule has 0 aliphatic heterocycles. The molecular formula is C14H19NO3S3. The number of thiophene rings is 2. The zero-order valence-corrected chi connectivity index (χ0v) is 14.2. The Morgan fingerprint density at radius 1 is 1.29 bits per heavy atom. The van der Waals surface area contributed by atoms with Gasteiger partial charge in [0.1, 0.15) is 4.21 Å². The van der Waals surface area contributed by atoms with Gasteiger partial charge in [-0.3, -0.25) is 0 Å². The fourth-order valence-corrected chi connectivity index (χ4v) is 5.25. The van der Waals surface area contributed by atoms with E-state index in [4.69, 9.17) is 5.11 Å². The maximum atomic E-state index is 12.1. The molecule has 1 atom stereocenters. The summed E-state index contributed by atoms with van der Waals surface area (Å²) in [7, 11) is -3.41. The van der Waals surface area contributed by atoms with Gasteiger partial charge in [-0.2, -0.15) is 11.3 Å². The molecule has 2 aromatic rings. The van der Waals surface area contributed by atoms with Crippen LogP contribution in [0.4, 0.5) is 0 Å². The largest absolute Gasteiger partial charge is 0.396 e. The molecule has 116 valence electrons. The molecular weight excluding hydrogens is 326 g/mol. The highest BCUT2D eigenvalue weighted by molar-refractivity contribution is 7.91. The van der Waals surface area contributed by atoms with Crippen LogP contribution in [-0.2, 0) is 10.0 Å². The maximum Gasteiger partial charge on any atom is 0.250 e. The van der Waals surface area contributed by atoms with E-state index in [1.165, 1.54) is 16.9 Å². The van der Waals surface area contributed by atoms with Crippen LogP contribution in [0.25, 0.3) is 0 Å². The monoisotopic (exact) mass is 345 g/mol. The number of rotatable bonds is 8. The Morgan fingerprint density at radius 2 is 2.10 bits per heavy atom. The zero-order valence-electron chi connectivity index (χ0n) is 11.8. The quantitative estimate of drug-likeness (QED) is 0.773. The minimum Gasteiger partial charge on any atom is -0.396 e. The lowest BCUT2D eigenvalue weighted by atomic mass is 9.95. The molecule has 0 aliphatic rings. The van der Waals surface area contributed by atoms with E-state index in [1.807, 2.05) is 18.4 Å². The molecule has 0 saturated heterocycles. The molecule has 0 saturated carbocycles. The van der Waals surface area contributed by atoms with E-state index in [0.29, 0.717) is 23.6 Å². The lowest BCUT2D eigenvalue weighted by Gasteiger charge is -2.14. The number of hydrogen-bond donors (Lipinski definition) is 2. The van der Waals surface area contributed by atoms with E-state index in [-0.39, 0.29) is 12.5 Å². The molecule has 4 nitrogen and oxygen atoms in total. The topological polar surface area (TPSA) is 66.4 Å². The summed E-state index contributed by atoms with van der Waals surface area (Å²) in [6.45, 7) is 2.37. The lowest BCUT2D eigenvalue weighted by molar-refractivity contribution is 0.273. The second kappa shape index (κ2) is 7.51. The highest BCUT2D eigenvalue weighted by Crippen LogP contribution is 2.25. The van der Waals surface area contributed by atoms with E-state index in [2.05, 4.69) is 10.1 Å². The first-order chi connectivity index (χ1) is 10.0. The van der Waals surface area contributed by atoms with Crippen molar-refractivity contribution in [2.75, 3.05) is 13.2 Å². The van der Waals surface area contributed by atoms with Crippen LogP contribution in [0.3, 0.4) is 0 Å². The number of aliphatic hydroxyl groups is 1. The molecule has 0 aliphatic carbocycles. The molecule has 2 rings (SSSR count). The van der Waals surface area contributed by atoms with Crippen molar-refractivity contribution in [2.45, 2.75) is 29.9 Å². The van der Waals surface area contributed by atoms with Crippen LogP contribution >= 0.6 is 22.7 Å². The molecule has 0 radical (unpaired) electrons. The van der Waals surface area contributed by atoms with Gasteiger partial charge in [-0.25, -0.2) is 13.1 Å². The third-order valence-corrected chi connectivity index (χ3v) is 6.91. The van der Waals surface area contributed by atoms with Gasteiger partial charge in [0.2, 0.25) is 10.0 Å². The summed E-state index contributed by atoms with van der Waals surface area (Å²) in [5.41, 5.74) is 1.17. The average molecular weight is 346 g/mol. The van der Waals surface area contributed by atoms with E-state index in [0.717, 1.165) is 4.88 Å². The number of aryl methyl sites for hydroxylation is 1. The Morgan fingerprint density at radius 3 is 2.67 bits per heavy atom. The van der Waals surface area contributed by atoms with Gasteiger partial charge < -0.3 is 5.11 Å². The second-order valence-corrected chi connectivity index (χ2v) is 8.88. The Bertz CT molecular complexity index is 647. The van der Waals surface area contributed by atoms with Crippen LogP contribution in [-0.4, -0.2) is 26.7 Å². The fourth-order valence-electron chi connectivity index (χ4n) is 2.14. The van der Waals surface area contributed by atoms with Gasteiger partial charge in [-0.1, -0.05) is 0 Å². The lowest BCUT2D eigenvalue weighted by Crippen LogP contribution is -2.25. The SMILES string of the molecule is Cc1ccc(S(=O)(=O)NCC[C@@H](CCO)c2ccsc2)s1. The minimum atomic E-state index is -3.41. The summed E-state index contributed by atoms with van der Waals surface area (Å²) >= 11 is 2.89. The summed E-state index contributed by atoms with van der Waals surface area (Å²) in [6, 6.07) is 5.47. The van der Waals surface area contributed by atoms with Gasteiger partial charge in [-0.05, 0) is 60.2 Å². The highest BCUT2D eigenvalue weighted by atomic mass is 32.2. The Balaban J connectivity index is 1.93. The smallest absolute Gasteiger partial charge is 0.250 e. The Labute approximate surface area is 133 Å². The minimum absolute atomic E-state index is 0.109. The molecule has 0 aromatic carbocycles. The van der Waals surface area contributed by atoms with Crippen molar-refractivity contribution >= 4 is 32.7 Å². The molecule has 21 heavy (non-hydrogen) atoms. The molecule has 0 spiro atoms. The number of aliphatic hydroxyl groups excluding tert-OH is 1. The summed E-state index contributed by atoms with van der Waals surface area (Å²) in [5.74, 6) is 0.189. The van der Waals surface area contributed by atoms with Gasteiger partial charge >= 0.3 is 0 Å². The van der Waals surface area contributed by atoms with E-state index < -0.39 is 10.0 Å². The standard InChI is InChI=1S/C14H19NO3S3/c1-11-2-3-14(20-11)21(17,18)15-7-4-12(5-8-16)13-6-9-19-10-13/h2-3,6,9-10,12,15-16H,4-5,7-8H2,1H3/t12-/m0/s1. The first kappa shape index (κ1) is 16.6. The third kappa shape index (κ3) is 4.62. The van der Waals surface area contributed by atoms with Crippen LogP contribution in [0.2, 0.25) is 0 Å². The first-order valence-electron chi connectivity index (χ1n) is 6.72. The van der Waals surface area contributed by atoms with Crippen LogP contribution < -0.4 is 4.72 Å². The summed E-state index contributed by atoms with van der Waals surface area (Å²) in [4.78, 5) is 0.979. The highest BCUT2D eigenvalue weighted by Gasteiger charge is 2.17. The van der Waals surface area contributed by atoms with Gasteiger partial charge in [0.05, 0.1) is 0 Å². The summed E-state index contributed by atoms with van der Waals surface area (Å²) in [6.07, 6.45) is 1.33. The van der Waals surface area contributed by atoms with E-state index in [9.17, 15) is 8.42 Å². The van der Waals surface area contributed by atoms with Crippen molar-refractivity contribution < 1.29 is 13.5 Å². The molecule has 0 unspecified atom stereocenters. The summed E-state index contributed by atoms with van der Waals surface area (Å²) < 4.78 is 27.2. The number of nitrogens with one attached hydrogen (secondary N) is 1. The Kier molecular flexibility index (Phi) is 5.95. The predicted octanol–water partition coefficient (Wildman–Crippen LogP) is 2.95. The first-order valence-corrected chi connectivity index (χ1v) is 9.96. The zero-order chi connectivity index (χ0) is 15.3. The molecule has 2 N–H and O–H groups in total. The predicted molar refractivity (Wildman–Crippen MR) is 87.6 cm³/mol. The molecule has 2 heterocycles. The van der Waals surface area contributed by atoms with Gasteiger partial charge in [-0.15, -0.1) is 11.3 Å². The van der Waals surface area contributed by atoms with Crippen LogP contribution in [0.5, 0.6) is 0 Å². The average Bonchev–Trinajstić information content (AvgIpc) is 3.08. The molecule has 2 aromatic heterocycles. The van der Waals surface area contributed by atoms with Crippen LogP contribution in [0.15, 0.2) is 33.2 Å². The van der Waals surface area contributed by atoms with Gasteiger partial charge in [0, 0.05) is 18.0 Å². The van der Waals surface area contributed by atoms with Crippen molar-refractivity contribution in [3.63, 3.8) is 0 Å². The Hall–Kier alpha value is -0.730. The number of hydrogen-bond acceptors (Lipinski definition) is 5. The van der Waals surface area contributed by atoms with Crippen molar-refractivity contribution in [1.29, 1.82) is 0 Å². The van der Waals surface area contributed by atoms with Crippen molar-refractivity contribution in [2.24, 2.45) is 0 Å². The van der Waals surface area contributed by atoms with Crippen molar-refractivity contribution in [1.82, 2.24) is 4.72 Å². The van der Waals surface area contributed by atoms with E-state index in [1.54, 1.807) is 23.5 Å². The second-order valence-electron chi connectivity index (χ2n) is 4.82. The van der Waals surface area contributed by atoms with Crippen LogP contribution in [0.1, 0.15) is 29.2 Å². The third-order valence-electron chi connectivity index (χ3n) is 3.26. The maximum absolute atomic E-state index is 12.1. The molecule has 0 amide bonds. The summed E-state index contributed by atoms with van der Waals surface area (Å²) in [5, 5.41) is 13.2.